The van der Waals surface area contributed by atoms with Crippen LogP contribution in [0.1, 0.15) is 38.3 Å². The van der Waals surface area contributed by atoms with E-state index in [2.05, 4.69) is 10.6 Å². The molecule has 2 N–H and O–H groups in total. The van der Waals surface area contributed by atoms with E-state index < -0.39 is 23.2 Å². The van der Waals surface area contributed by atoms with Crippen LogP contribution in [0.3, 0.4) is 0 Å². The number of hydrogen-bond acceptors (Lipinski definition) is 4. The number of amides is 2. The smallest absolute Gasteiger partial charge is 0.408 e. The fourth-order valence-electron chi connectivity index (χ4n) is 2.20. The second-order valence-corrected chi connectivity index (χ2v) is 6.29. The van der Waals surface area contributed by atoms with Gasteiger partial charge < -0.3 is 15.4 Å². The first kappa shape index (κ1) is 20.9. The quantitative estimate of drug-likeness (QED) is 0.719. The molecule has 0 aliphatic heterocycles. The maximum atomic E-state index is 14.0. The lowest BCUT2D eigenvalue weighted by atomic mass is 10.00. The van der Waals surface area contributed by atoms with Crippen LogP contribution in [-0.4, -0.2) is 29.4 Å². The Labute approximate surface area is 151 Å². The number of hydrogen-bond donors (Lipinski definition) is 2. The first-order chi connectivity index (χ1) is 11.6. The van der Waals surface area contributed by atoms with E-state index in [0.717, 1.165) is 0 Å². The van der Waals surface area contributed by atoms with Crippen molar-refractivity contribution in [3.05, 3.63) is 29.1 Å². The molecule has 1 atom stereocenters. The van der Waals surface area contributed by atoms with Crippen LogP contribution >= 0.6 is 11.6 Å². The number of ether oxygens (including phenoxy) is 1. The number of alkyl carbamates (subject to hydrolysis) is 1. The molecule has 0 saturated carbocycles. The molecule has 8 heteroatoms. The predicted molar refractivity (Wildman–Crippen MR) is 93.2 cm³/mol. The van der Waals surface area contributed by atoms with Crippen LogP contribution in [0.15, 0.2) is 12.1 Å². The fourth-order valence-corrected chi connectivity index (χ4v) is 2.37. The minimum Gasteiger partial charge on any atom is -0.447 e. The topological polar surface area (TPSA) is 84.5 Å². The summed E-state index contributed by atoms with van der Waals surface area (Å²) in [6.07, 6.45) is -0.638. The Morgan fingerprint density at radius 3 is 2.44 bits per heavy atom. The summed E-state index contributed by atoms with van der Waals surface area (Å²) in [7, 11) is 0. The molecule has 0 bridgehead atoms. The monoisotopic (exact) mass is 372 g/mol. The molecule has 1 rings (SSSR count). The van der Waals surface area contributed by atoms with Crippen molar-refractivity contribution in [1.82, 2.24) is 5.32 Å². The van der Waals surface area contributed by atoms with Crippen LogP contribution in [0.5, 0.6) is 0 Å². The normalized spacial score (nSPS) is 11.8. The van der Waals surface area contributed by atoms with Crippen molar-refractivity contribution in [3.63, 3.8) is 0 Å². The standard InChI is InChI=1S/C17H22ClFN2O4/c1-9(2)25-17(24)21-15(16(18)23)6-5-12-7-13(20-11(4)22)8-14(19)10(12)3/h7-9,15H,5-6H2,1-4H3,(H,20,22)(H,21,24)/t15-/m1/s1. The van der Waals surface area contributed by atoms with Gasteiger partial charge in [0.25, 0.3) is 0 Å². The Hall–Kier alpha value is -2.15. The highest BCUT2D eigenvalue weighted by atomic mass is 35.5. The van der Waals surface area contributed by atoms with Crippen molar-refractivity contribution < 1.29 is 23.5 Å². The van der Waals surface area contributed by atoms with Gasteiger partial charge in [0.2, 0.25) is 11.1 Å². The summed E-state index contributed by atoms with van der Waals surface area (Å²) in [5, 5.41) is 4.17. The summed E-state index contributed by atoms with van der Waals surface area (Å²) < 4.78 is 18.9. The largest absolute Gasteiger partial charge is 0.447 e. The highest BCUT2D eigenvalue weighted by molar-refractivity contribution is 6.64. The van der Waals surface area contributed by atoms with Gasteiger partial charge in [-0.2, -0.15) is 0 Å². The molecule has 0 radical (unpaired) electrons. The molecular weight excluding hydrogens is 351 g/mol. The van der Waals surface area contributed by atoms with Crippen molar-refractivity contribution >= 4 is 34.5 Å². The summed E-state index contributed by atoms with van der Waals surface area (Å²) in [6, 6.07) is 1.89. The van der Waals surface area contributed by atoms with E-state index in [1.54, 1.807) is 26.8 Å². The van der Waals surface area contributed by atoms with Gasteiger partial charge in [-0.3, -0.25) is 9.59 Å². The molecule has 1 aromatic rings. The summed E-state index contributed by atoms with van der Waals surface area (Å²) in [5.74, 6) is -0.789. The Bertz CT molecular complexity index is 664. The number of halogens is 2. The van der Waals surface area contributed by atoms with Gasteiger partial charge in [0.05, 0.1) is 6.10 Å². The van der Waals surface area contributed by atoms with Gasteiger partial charge in [0, 0.05) is 12.6 Å². The highest BCUT2D eigenvalue weighted by Crippen LogP contribution is 2.21. The third-order valence-corrected chi connectivity index (χ3v) is 3.65. The highest BCUT2D eigenvalue weighted by Gasteiger charge is 2.21. The van der Waals surface area contributed by atoms with Crippen LogP contribution in [0.4, 0.5) is 14.9 Å². The van der Waals surface area contributed by atoms with Crippen molar-refractivity contribution in [1.29, 1.82) is 0 Å². The molecule has 0 heterocycles. The lowest BCUT2D eigenvalue weighted by Crippen LogP contribution is -2.40. The van der Waals surface area contributed by atoms with E-state index in [9.17, 15) is 18.8 Å². The number of carbonyl (C=O) groups excluding carboxylic acids is 3. The van der Waals surface area contributed by atoms with Crippen molar-refractivity contribution in [2.24, 2.45) is 0 Å². The number of benzene rings is 1. The van der Waals surface area contributed by atoms with Crippen molar-refractivity contribution in [3.8, 4) is 0 Å². The zero-order chi connectivity index (χ0) is 19.1. The van der Waals surface area contributed by atoms with Crippen molar-refractivity contribution in [2.75, 3.05) is 5.32 Å². The molecule has 0 fully saturated rings. The maximum absolute atomic E-state index is 14.0. The van der Waals surface area contributed by atoms with Crippen LogP contribution < -0.4 is 10.6 Å². The first-order valence-corrected chi connectivity index (χ1v) is 8.21. The molecule has 0 aliphatic carbocycles. The molecular formula is C17H22ClFN2O4. The summed E-state index contributed by atoms with van der Waals surface area (Å²) in [5.41, 5.74) is 1.33. The molecule has 0 aliphatic rings. The van der Waals surface area contributed by atoms with Gasteiger partial charge in [0.15, 0.2) is 0 Å². The van der Waals surface area contributed by atoms with Gasteiger partial charge in [-0.15, -0.1) is 0 Å². The van der Waals surface area contributed by atoms with Gasteiger partial charge >= 0.3 is 6.09 Å². The number of anilines is 1. The maximum Gasteiger partial charge on any atom is 0.408 e. The molecule has 138 valence electrons. The molecule has 1 aromatic carbocycles. The fraction of sp³-hybridized carbons (Fsp3) is 0.471. The Morgan fingerprint density at radius 1 is 1.28 bits per heavy atom. The molecule has 25 heavy (non-hydrogen) atoms. The number of carbonyl (C=O) groups is 3. The number of rotatable bonds is 7. The number of nitrogens with one attached hydrogen (secondary N) is 2. The summed E-state index contributed by atoms with van der Waals surface area (Å²) in [4.78, 5) is 34.3. The third-order valence-electron chi connectivity index (χ3n) is 3.38. The SMILES string of the molecule is CC(=O)Nc1cc(F)c(C)c(CC[C@@H](NC(=O)OC(C)C)C(=O)Cl)c1. The van der Waals surface area contributed by atoms with E-state index in [1.165, 1.54) is 13.0 Å². The first-order valence-electron chi connectivity index (χ1n) is 7.83. The van der Waals surface area contributed by atoms with Gasteiger partial charge in [0.1, 0.15) is 11.9 Å². The van der Waals surface area contributed by atoms with Gasteiger partial charge in [-0.1, -0.05) is 0 Å². The van der Waals surface area contributed by atoms with Gasteiger partial charge in [-0.05, 0) is 68.5 Å². The molecule has 0 saturated heterocycles. The van der Waals surface area contributed by atoms with E-state index in [-0.39, 0.29) is 24.9 Å². The Morgan fingerprint density at radius 2 is 1.92 bits per heavy atom. The average Bonchev–Trinajstić information content (AvgIpc) is 2.46. The van der Waals surface area contributed by atoms with E-state index in [4.69, 9.17) is 16.3 Å². The minimum absolute atomic E-state index is 0.166. The predicted octanol–water partition coefficient (Wildman–Crippen LogP) is 3.29. The van der Waals surface area contributed by atoms with E-state index >= 15 is 0 Å². The molecule has 0 aromatic heterocycles. The Balaban J connectivity index is 2.85. The zero-order valence-electron chi connectivity index (χ0n) is 14.6. The summed E-state index contributed by atoms with van der Waals surface area (Å²) >= 11 is 5.52. The molecule has 2 amide bonds. The lowest BCUT2D eigenvalue weighted by molar-refractivity contribution is -0.114. The summed E-state index contributed by atoms with van der Waals surface area (Å²) in [6.45, 7) is 6.28. The molecule has 6 nitrogen and oxygen atoms in total. The lowest BCUT2D eigenvalue weighted by Gasteiger charge is -2.17. The van der Waals surface area contributed by atoms with E-state index in [0.29, 0.717) is 16.8 Å². The van der Waals surface area contributed by atoms with Gasteiger partial charge in [-0.25, -0.2) is 9.18 Å². The zero-order valence-corrected chi connectivity index (χ0v) is 15.4. The van der Waals surface area contributed by atoms with E-state index in [1.807, 2.05) is 0 Å². The third kappa shape index (κ3) is 7.09. The van der Waals surface area contributed by atoms with Crippen LogP contribution in [-0.2, 0) is 20.7 Å². The average molecular weight is 373 g/mol. The molecule has 0 spiro atoms. The van der Waals surface area contributed by atoms with Crippen LogP contribution in [0.25, 0.3) is 0 Å². The van der Waals surface area contributed by atoms with Crippen LogP contribution in [0.2, 0.25) is 0 Å². The number of aryl methyl sites for hydroxylation is 1. The minimum atomic E-state index is -0.959. The Kier molecular flexibility index (Phi) is 7.83. The van der Waals surface area contributed by atoms with Crippen LogP contribution in [0, 0.1) is 12.7 Å². The van der Waals surface area contributed by atoms with Crippen molar-refractivity contribution in [2.45, 2.75) is 52.7 Å². The molecule has 0 unspecified atom stereocenters. The second kappa shape index (κ2) is 9.36. The second-order valence-electron chi connectivity index (χ2n) is 5.92.